The Kier molecular flexibility index (Phi) is 4.22. The van der Waals surface area contributed by atoms with Crippen LogP contribution in [0.4, 0.5) is 0 Å². The summed E-state index contributed by atoms with van der Waals surface area (Å²) in [6.07, 6.45) is 3.39. The first-order valence-electron chi connectivity index (χ1n) is 7.08. The summed E-state index contributed by atoms with van der Waals surface area (Å²) in [6, 6.07) is 11.6. The molecule has 0 saturated heterocycles. The fourth-order valence-electron chi connectivity index (χ4n) is 2.10. The van der Waals surface area contributed by atoms with Gasteiger partial charge in [-0.25, -0.2) is 4.98 Å². The summed E-state index contributed by atoms with van der Waals surface area (Å²) in [5.41, 5.74) is 2.05. The summed E-state index contributed by atoms with van der Waals surface area (Å²) in [5, 5.41) is 4.75. The number of aromatic nitrogens is 4. The lowest BCUT2D eigenvalue weighted by Gasteiger charge is -1.97. The van der Waals surface area contributed by atoms with Crippen LogP contribution in [0, 0.1) is 0 Å². The summed E-state index contributed by atoms with van der Waals surface area (Å²) in [7, 11) is 0. The minimum absolute atomic E-state index is 0.380. The molecular formula is C16H11BrN4O2S. The van der Waals surface area contributed by atoms with E-state index in [0.717, 1.165) is 20.9 Å². The van der Waals surface area contributed by atoms with Crippen LogP contribution in [0.3, 0.4) is 0 Å². The molecular weight excluding hydrogens is 392 g/mol. The van der Waals surface area contributed by atoms with Gasteiger partial charge in [-0.15, -0.1) is 0 Å². The number of halogens is 1. The van der Waals surface area contributed by atoms with Crippen LogP contribution in [-0.2, 0) is 5.75 Å². The summed E-state index contributed by atoms with van der Waals surface area (Å²) in [6.45, 7) is 0. The zero-order chi connectivity index (χ0) is 16.4. The topological polar surface area (TPSA) is 80.7 Å². The first kappa shape index (κ1) is 15.2. The molecule has 3 heterocycles. The molecule has 8 heteroatoms. The molecule has 0 aliphatic carbocycles. The second kappa shape index (κ2) is 6.66. The minimum Gasteiger partial charge on any atom is -0.459 e. The maximum Gasteiger partial charge on any atom is 0.293 e. The highest BCUT2D eigenvalue weighted by Crippen LogP contribution is 2.25. The molecule has 0 spiro atoms. The Morgan fingerprint density at radius 3 is 2.83 bits per heavy atom. The van der Waals surface area contributed by atoms with Crippen molar-refractivity contribution in [3.05, 3.63) is 59.2 Å². The zero-order valence-electron chi connectivity index (χ0n) is 12.3. The van der Waals surface area contributed by atoms with Gasteiger partial charge in [-0.2, -0.15) is 4.98 Å². The summed E-state index contributed by atoms with van der Waals surface area (Å²) >= 11 is 4.94. The molecule has 0 amide bonds. The molecule has 0 fully saturated rings. The van der Waals surface area contributed by atoms with Crippen molar-refractivity contribution in [2.24, 2.45) is 0 Å². The van der Waals surface area contributed by atoms with Crippen LogP contribution in [0.2, 0.25) is 0 Å². The number of hydrogen-bond acceptors (Lipinski definition) is 6. The standard InChI is InChI=1S/C16H11BrN4O2S/c17-11-5-3-10(4-6-11)12-8-18-16(19-12)24-9-14-20-15(23-21-14)13-2-1-7-22-13/h1-8H,9H2,(H,18,19). The third-order valence-electron chi connectivity index (χ3n) is 3.25. The molecule has 4 rings (SSSR count). The molecule has 24 heavy (non-hydrogen) atoms. The summed E-state index contributed by atoms with van der Waals surface area (Å²) in [5.74, 6) is 2.09. The SMILES string of the molecule is Brc1ccc(-c2cnc(SCc3noc(-c4ccco4)n3)[nH]2)cc1. The van der Waals surface area contributed by atoms with Gasteiger partial charge in [-0.1, -0.05) is 45.0 Å². The average molecular weight is 403 g/mol. The van der Waals surface area contributed by atoms with E-state index in [1.165, 1.54) is 11.8 Å². The lowest BCUT2D eigenvalue weighted by molar-refractivity contribution is 0.411. The summed E-state index contributed by atoms with van der Waals surface area (Å²) < 4.78 is 11.5. The molecule has 1 aromatic carbocycles. The molecule has 0 aliphatic rings. The zero-order valence-corrected chi connectivity index (χ0v) is 14.7. The van der Waals surface area contributed by atoms with E-state index in [9.17, 15) is 0 Å². The van der Waals surface area contributed by atoms with Crippen molar-refractivity contribution in [3.63, 3.8) is 0 Å². The van der Waals surface area contributed by atoms with Gasteiger partial charge in [0.1, 0.15) is 0 Å². The number of nitrogens with zero attached hydrogens (tertiary/aromatic N) is 3. The number of furan rings is 1. The van der Waals surface area contributed by atoms with Crippen LogP contribution in [0.5, 0.6) is 0 Å². The lowest BCUT2D eigenvalue weighted by atomic mass is 10.2. The quantitative estimate of drug-likeness (QED) is 0.484. The second-order valence-electron chi connectivity index (χ2n) is 4.89. The van der Waals surface area contributed by atoms with Gasteiger partial charge >= 0.3 is 0 Å². The normalized spacial score (nSPS) is 11.0. The summed E-state index contributed by atoms with van der Waals surface area (Å²) in [4.78, 5) is 12.0. The van der Waals surface area contributed by atoms with Crippen LogP contribution < -0.4 is 0 Å². The smallest absolute Gasteiger partial charge is 0.293 e. The van der Waals surface area contributed by atoms with E-state index in [2.05, 4.69) is 36.0 Å². The van der Waals surface area contributed by atoms with E-state index < -0.39 is 0 Å². The molecule has 0 unspecified atom stereocenters. The van der Waals surface area contributed by atoms with Gasteiger partial charge in [0, 0.05) is 4.47 Å². The van der Waals surface area contributed by atoms with Crippen molar-refractivity contribution >= 4 is 27.7 Å². The maximum atomic E-state index is 5.23. The molecule has 0 saturated carbocycles. The molecule has 0 bridgehead atoms. The maximum absolute atomic E-state index is 5.23. The van der Waals surface area contributed by atoms with Crippen molar-refractivity contribution < 1.29 is 8.94 Å². The fourth-order valence-corrected chi connectivity index (χ4v) is 3.06. The van der Waals surface area contributed by atoms with E-state index in [-0.39, 0.29) is 0 Å². The van der Waals surface area contributed by atoms with Crippen molar-refractivity contribution in [2.75, 3.05) is 0 Å². The number of rotatable bonds is 5. The van der Waals surface area contributed by atoms with E-state index in [1.54, 1.807) is 18.4 Å². The van der Waals surface area contributed by atoms with Crippen LogP contribution in [0.15, 0.2) is 67.4 Å². The Hall–Kier alpha value is -2.32. The van der Waals surface area contributed by atoms with Gasteiger partial charge in [0.15, 0.2) is 16.7 Å². The second-order valence-corrected chi connectivity index (χ2v) is 6.77. The highest BCUT2D eigenvalue weighted by atomic mass is 79.9. The van der Waals surface area contributed by atoms with Crippen LogP contribution in [-0.4, -0.2) is 20.1 Å². The number of nitrogens with one attached hydrogen (secondary N) is 1. The van der Waals surface area contributed by atoms with E-state index >= 15 is 0 Å². The monoisotopic (exact) mass is 402 g/mol. The Bertz CT molecular complexity index is 931. The average Bonchev–Trinajstić information content (AvgIpc) is 3.34. The van der Waals surface area contributed by atoms with Crippen molar-refractivity contribution in [1.29, 1.82) is 0 Å². The van der Waals surface area contributed by atoms with Crippen LogP contribution in [0.1, 0.15) is 5.82 Å². The predicted molar refractivity (Wildman–Crippen MR) is 93.3 cm³/mol. The number of benzene rings is 1. The van der Waals surface area contributed by atoms with Gasteiger partial charge in [0.25, 0.3) is 5.89 Å². The molecule has 120 valence electrons. The third-order valence-corrected chi connectivity index (χ3v) is 4.66. The highest BCUT2D eigenvalue weighted by molar-refractivity contribution is 9.10. The highest BCUT2D eigenvalue weighted by Gasteiger charge is 2.12. The van der Waals surface area contributed by atoms with Gasteiger partial charge < -0.3 is 13.9 Å². The molecule has 1 N–H and O–H groups in total. The largest absolute Gasteiger partial charge is 0.459 e. The van der Waals surface area contributed by atoms with E-state index in [0.29, 0.717) is 23.2 Å². The number of thioether (sulfide) groups is 1. The minimum atomic E-state index is 0.380. The number of hydrogen-bond donors (Lipinski definition) is 1. The Labute approximate surface area is 149 Å². The van der Waals surface area contributed by atoms with Gasteiger partial charge in [-0.3, -0.25) is 0 Å². The number of H-pyrrole nitrogens is 1. The molecule has 0 atom stereocenters. The van der Waals surface area contributed by atoms with Crippen molar-refractivity contribution in [2.45, 2.75) is 10.9 Å². The lowest BCUT2D eigenvalue weighted by Crippen LogP contribution is -1.85. The van der Waals surface area contributed by atoms with Gasteiger partial charge in [0.2, 0.25) is 0 Å². The molecule has 0 aliphatic heterocycles. The molecule has 3 aromatic heterocycles. The van der Waals surface area contributed by atoms with Crippen molar-refractivity contribution in [1.82, 2.24) is 20.1 Å². The van der Waals surface area contributed by atoms with Gasteiger partial charge in [0.05, 0.1) is 23.9 Å². The number of aromatic amines is 1. The molecule has 0 radical (unpaired) electrons. The Balaban J connectivity index is 1.42. The van der Waals surface area contributed by atoms with Crippen molar-refractivity contribution in [3.8, 4) is 22.9 Å². The van der Waals surface area contributed by atoms with Crippen LogP contribution in [0.25, 0.3) is 22.9 Å². The molecule has 6 nitrogen and oxygen atoms in total. The number of imidazole rings is 1. The third kappa shape index (κ3) is 3.29. The first-order chi connectivity index (χ1) is 11.8. The van der Waals surface area contributed by atoms with Crippen LogP contribution >= 0.6 is 27.7 Å². The first-order valence-corrected chi connectivity index (χ1v) is 8.86. The van der Waals surface area contributed by atoms with E-state index in [1.807, 2.05) is 30.5 Å². The molecule has 4 aromatic rings. The van der Waals surface area contributed by atoms with Gasteiger partial charge in [-0.05, 0) is 29.8 Å². The predicted octanol–water partition coefficient (Wildman–Crippen LogP) is 4.77. The van der Waals surface area contributed by atoms with E-state index in [4.69, 9.17) is 8.94 Å². The fraction of sp³-hybridized carbons (Fsp3) is 0.0625. The Morgan fingerprint density at radius 2 is 2.04 bits per heavy atom. The Morgan fingerprint density at radius 1 is 1.17 bits per heavy atom.